The average Bonchev–Trinajstić information content (AvgIpc) is 3.78. The molecule has 1 aliphatic rings. The van der Waals surface area contributed by atoms with Crippen LogP contribution in [-0.2, 0) is 22.7 Å². The molecule has 0 saturated carbocycles. The van der Waals surface area contributed by atoms with Gasteiger partial charge >= 0.3 is 6.03 Å². The van der Waals surface area contributed by atoms with Crippen LogP contribution in [0.25, 0.3) is 22.3 Å². The lowest BCUT2D eigenvalue weighted by atomic mass is 10.1. The summed E-state index contributed by atoms with van der Waals surface area (Å²) in [6, 6.07) is 15.7. The summed E-state index contributed by atoms with van der Waals surface area (Å²) < 4.78 is 7.57. The topological polar surface area (TPSA) is 189 Å². The van der Waals surface area contributed by atoms with E-state index in [0.29, 0.717) is 22.5 Å². The zero-order chi connectivity index (χ0) is 30.6. The number of H-pyrrole nitrogens is 1. The Balaban J connectivity index is 1.21. The fourth-order valence-electron chi connectivity index (χ4n) is 5.30. The van der Waals surface area contributed by atoms with Crippen molar-refractivity contribution in [1.29, 1.82) is 0 Å². The number of anilines is 2. The third kappa shape index (κ3) is 5.73. The van der Waals surface area contributed by atoms with Gasteiger partial charge in [-0.2, -0.15) is 0 Å². The molecule has 1 unspecified atom stereocenters. The van der Waals surface area contributed by atoms with Crippen LogP contribution in [0.2, 0.25) is 0 Å². The molecule has 3 aromatic heterocycles. The van der Waals surface area contributed by atoms with Gasteiger partial charge in [0.2, 0.25) is 0 Å². The number of imidazole rings is 2. The Morgan fingerprint density at radius 1 is 1.00 bits per heavy atom. The number of fused-ring (bicyclic) bond motifs is 1. The molecule has 6 rings (SSSR count). The molecule has 0 radical (unpaired) electrons. The number of nitrogens with two attached hydrogens (primary N) is 1. The molecule has 5 N–H and O–H groups in total. The van der Waals surface area contributed by atoms with Gasteiger partial charge in [0, 0.05) is 19.2 Å². The largest absolute Gasteiger partial charge is 0.394 e. The number of hydrogen-bond acceptors (Lipinski definition) is 10. The first-order chi connectivity index (χ1) is 21.4. The molecule has 0 bridgehead atoms. The Morgan fingerprint density at radius 2 is 1.77 bits per heavy atom. The van der Waals surface area contributed by atoms with Crippen molar-refractivity contribution in [2.75, 3.05) is 23.8 Å². The minimum Gasteiger partial charge on any atom is -0.394 e. The highest BCUT2D eigenvalue weighted by Gasteiger charge is 2.46. The number of carbonyl (C=O) groups excluding carboxylic acids is 2. The molecule has 5 aromatic rings. The second-order valence-electron chi connectivity index (χ2n) is 10.4. The molecule has 1 saturated heterocycles. The van der Waals surface area contributed by atoms with Crippen LogP contribution in [0.15, 0.2) is 79.8 Å². The van der Waals surface area contributed by atoms with Gasteiger partial charge in [0.05, 0.1) is 36.7 Å². The molecule has 1 fully saturated rings. The van der Waals surface area contributed by atoms with Crippen LogP contribution in [-0.4, -0.2) is 87.9 Å². The number of aliphatic hydroxyl groups excluding tert-OH is 2. The minimum absolute atomic E-state index is 0.0574. The Morgan fingerprint density at radius 3 is 2.50 bits per heavy atom. The molecule has 3 amide bonds. The lowest BCUT2D eigenvalue weighted by molar-refractivity contribution is -0.120. The van der Waals surface area contributed by atoms with Gasteiger partial charge in [-0.3, -0.25) is 9.36 Å². The number of rotatable bonds is 12. The van der Waals surface area contributed by atoms with Gasteiger partial charge in [-0.1, -0.05) is 42.5 Å². The van der Waals surface area contributed by atoms with E-state index in [-0.39, 0.29) is 37.8 Å². The van der Waals surface area contributed by atoms with Crippen molar-refractivity contribution in [2.45, 2.75) is 37.8 Å². The molecule has 226 valence electrons. The van der Waals surface area contributed by atoms with Crippen LogP contribution in [0, 0.1) is 0 Å². The maximum Gasteiger partial charge on any atom is 0.332 e. The Hall–Kier alpha value is -5.18. The summed E-state index contributed by atoms with van der Waals surface area (Å²) in [5, 5.41) is 20.3. The van der Waals surface area contributed by atoms with E-state index in [1.165, 1.54) is 28.8 Å². The first-order valence-electron chi connectivity index (χ1n) is 14.0. The van der Waals surface area contributed by atoms with Crippen molar-refractivity contribution in [3.05, 3.63) is 85.5 Å². The number of nitrogen functional groups attached to an aromatic ring is 1. The highest BCUT2D eigenvalue weighted by Crippen LogP contribution is 2.30. The molecule has 1 aliphatic heterocycles. The van der Waals surface area contributed by atoms with E-state index in [2.05, 4.69) is 24.9 Å². The summed E-state index contributed by atoms with van der Waals surface area (Å²) in [7, 11) is 0. The molecule has 3 atom stereocenters. The smallest absolute Gasteiger partial charge is 0.332 e. The SMILES string of the molecule is Nc1ncnc2c1ncn2CO[C@H](CCN1C(=O)N(c2ccc(-c3ccccc3)cc2)C(=O)C1Cc1c[nH]cn1)[C@@H](O)CO. The fraction of sp³-hybridized carbons (Fsp3) is 0.267. The van der Waals surface area contributed by atoms with Gasteiger partial charge in [-0.05, 0) is 29.7 Å². The van der Waals surface area contributed by atoms with Crippen LogP contribution in [0.1, 0.15) is 12.1 Å². The van der Waals surface area contributed by atoms with Crippen LogP contribution in [0.4, 0.5) is 16.3 Å². The zero-order valence-electron chi connectivity index (χ0n) is 23.6. The summed E-state index contributed by atoms with van der Waals surface area (Å²) >= 11 is 0. The lowest BCUT2D eigenvalue weighted by Gasteiger charge is -2.27. The summed E-state index contributed by atoms with van der Waals surface area (Å²) in [6.07, 6.45) is 4.19. The van der Waals surface area contributed by atoms with E-state index >= 15 is 0 Å². The number of urea groups is 1. The molecular weight excluding hydrogens is 566 g/mol. The van der Waals surface area contributed by atoms with E-state index in [0.717, 1.165) is 11.1 Å². The molecule has 14 heteroatoms. The number of aromatic amines is 1. The van der Waals surface area contributed by atoms with E-state index in [1.54, 1.807) is 22.9 Å². The van der Waals surface area contributed by atoms with Crippen molar-refractivity contribution in [3.8, 4) is 11.1 Å². The zero-order valence-corrected chi connectivity index (χ0v) is 23.6. The first-order valence-corrected chi connectivity index (χ1v) is 14.0. The molecule has 4 heterocycles. The average molecular weight is 598 g/mol. The summed E-state index contributed by atoms with van der Waals surface area (Å²) in [6.45, 7) is -0.550. The van der Waals surface area contributed by atoms with Gasteiger partial charge in [0.15, 0.2) is 11.5 Å². The maximum absolute atomic E-state index is 13.8. The number of aromatic nitrogens is 6. The quantitative estimate of drug-likeness (QED) is 0.155. The third-order valence-corrected chi connectivity index (χ3v) is 7.64. The van der Waals surface area contributed by atoms with Crippen LogP contribution in [0.3, 0.4) is 0 Å². The lowest BCUT2D eigenvalue weighted by Crippen LogP contribution is -2.41. The van der Waals surface area contributed by atoms with Crippen molar-refractivity contribution in [1.82, 2.24) is 34.4 Å². The Labute approximate surface area is 251 Å². The molecule has 0 aliphatic carbocycles. The first kappa shape index (κ1) is 28.9. The third-order valence-electron chi connectivity index (χ3n) is 7.64. The predicted octanol–water partition coefficient (Wildman–Crippen LogP) is 1.96. The minimum atomic E-state index is -1.25. The van der Waals surface area contributed by atoms with Crippen molar-refractivity contribution < 1.29 is 24.5 Å². The standard InChI is InChI=1S/C30H31N9O5/c31-27-26-28(35-16-34-27)37(17-36-26)18-44-25(24(41)14-40)10-11-38-23(12-21-13-32-15-33-21)29(42)39(30(38)43)22-8-6-20(7-9-22)19-4-2-1-3-5-19/h1-9,13,15-17,23-25,40-41H,10-12,14,18H2,(H,32,33)(H2,31,34,35)/t23?,24-,25+/m0/s1. The number of amides is 3. The van der Waals surface area contributed by atoms with Gasteiger partial charge in [-0.25, -0.2) is 29.6 Å². The molecule has 2 aromatic carbocycles. The van der Waals surface area contributed by atoms with Crippen LogP contribution in [0.5, 0.6) is 0 Å². The van der Waals surface area contributed by atoms with Gasteiger partial charge in [0.1, 0.15) is 30.7 Å². The highest BCUT2D eigenvalue weighted by molar-refractivity contribution is 6.21. The number of nitrogens with one attached hydrogen (secondary N) is 1. The second-order valence-corrected chi connectivity index (χ2v) is 10.4. The number of aliphatic hydroxyl groups is 2. The molecule has 0 spiro atoms. The maximum atomic E-state index is 13.8. The van der Waals surface area contributed by atoms with E-state index in [1.807, 2.05) is 42.5 Å². The van der Waals surface area contributed by atoms with Crippen molar-refractivity contribution in [2.24, 2.45) is 0 Å². The van der Waals surface area contributed by atoms with Crippen LogP contribution >= 0.6 is 0 Å². The fourth-order valence-corrected chi connectivity index (χ4v) is 5.30. The van der Waals surface area contributed by atoms with Crippen molar-refractivity contribution >= 4 is 34.6 Å². The van der Waals surface area contributed by atoms with Gasteiger partial charge in [0.25, 0.3) is 5.91 Å². The van der Waals surface area contributed by atoms with Gasteiger partial charge < -0.3 is 30.6 Å². The number of benzene rings is 2. The van der Waals surface area contributed by atoms with E-state index < -0.39 is 30.9 Å². The van der Waals surface area contributed by atoms with Crippen molar-refractivity contribution in [3.63, 3.8) is 0 Å². The molecule has 14 nitrogen and oxygen atoms in total. The highest BCUT2D eigenvalue weighted by atomic mass is 16.5. The summed E-state index contributed by atoms with van der Waals surface area (Å²) in [4.78, 5) is 49.6. The number of nitrogens with zero attached hydrogens (tertiary/aromatic N) is 7. The second kappa shape index (κ2) is 12.6. The molecule has 44 heavy (non-hydrogen) atoms. The van der Waals surface area contributed by atoms with Crippen LogP contribution < -0.4 is 10.6 Å². The normalized spacial score (nSPS) is 16.6. The summed E-state index contributed by atoms with van der Waals surface area (Å²) in [5.41, 5.74) is 9.77. The van der Waals surface area contributed by atoms with Gasteiger partial charge in [-0.15, -0.1) is 0 Å². The Kier molecular flexibility index (Phi) is 8.27. The predicted molar refractivity (Wildman–Crippen MR) is 160 cm³/mol. The number of hydrogen-bond donors (Lipinski definition) is 4. The van der Waals surface area contributed by atoms with E-state index in [4.69, 9.17) is 10.5 Å². The number of ether oxygens (including phenoxy) is 1. The monoisotopic (exact) mass is 597 g/mol. The number of imide groups is 1. The summed E-state index contributed by atoms with van der Waals surface area (Å²) in [5.74, 6) is -0.159. The number of carbonyl (C=O) groups is 2. The molecular formula is C30H31N9O5. The Bertz CT molecular complexity index is 1730. The van der Waals surface area contributed by atoms with E-state index in [9.17, 15) is 19.8 Å².